The monoisotopic (exact) mass is 248 g/mol. The smallest absolute Gasteiger partial charge is 0.151 e. The normalized spacial score (nSPS) is 19.2. The molecule has 0 aliphatic carbocycles. The lowest BCUT2D eigenvalue weighted by Gasteiger charge is -2.27. The van der Waals surface area contributed by atoms with E-state index < -0.39 is 9.84 Å². The van der Waals surface area contributed by atoms with Gasteiger partial charge in [-0.05, 0) is 38.9 Å². The zero-order valence-corrected chi connectivity index (χ0v) is 11.2. The number of nitrogens with zero attached hydrogens (tertiary/aromatic N) is 1. The number of hydrogen-bond acceptors (Lipinski definition) is 4. The van der Waals surface area contributed by atoms with Gasteiger partial charge in [-0.25, -0.2) is 8.42 Å². The first-order valence-electron chi connectivity index (χ1n) is 6.13. The average Bonchev–Trinajstić information content (AvgIpc) is 2.28. The van der Waals surface area contributed by atoms with Gasteiger partial charge < -0.3 is 10.2 Å². The van der Waals surface area contributed by atoms with E-state index in [9.17, 15) is 8.42 Å². The van der Waals surface area contributed by atoms with Crippen LogP contribution in [0.1, 0.15) is 19.8 Å². The standard InChI is InChI=1S/C11H24N2O2S/c1-3-16(14,15)9-8-13(2)10-11-4-6-12-7-5-11/h11-12H,3-10H2,1-2H3. The van der Waals surface area contributed by atoms with Crippen LogP contribution in [0.3, 0.4) is 0 Å². The molecule has 0 unspecified atom stereocenters. The van der Waals surface area contributed by atoms with Crippen molar-refractivity contribution >= 4 is 9.84 Å². The molecule has 4 nitrogen and oxygen atoms in total. The maximum atomic E-state index is 11.4. The highest BCUT2D eigenvalue weighted by atomic mass is 32.2. The molecule has 1 fully saturated rings. The highest BCUT2D eigenvalue weighted by Gasteiger charge is 2.16. The molecule has 0 atom stereocenters. The van der Waals surface area contributed by atoms with Gasteiger partial charge in [-0.15, -0.1) is 0 Å². The second kappa shape index (κ2) is 6.57. The summed E-state index contributed by atoms with van der Waals surface area (Å²) in [7, 11) is -0.788. The van der Waals surface area contributed by atoms with Gasteiger partial charge in [0.05, 0.1) is 5.75 Å². The van der Waals surface area contributed by atoms with Crippen molar-refractivity contribution in [2.75, 3.05) is 44.7 Å². The molecule has 96 valence electrons. The van der Waals surface area contributed by atoms with Crippen LogP contribution in [-0.2, 0) is 9.84 Å². The van der Waals surface area contributed by atoms with Crippen molar-refractivity contribution < 1.29 is 8.42 Å². The number of piperidine rings is 1. The maximum absolute atomic E-state index is 11.4. The molecule has 16 heavy (non-hydrogen) atoms. The molecule has 0 saturated carbocycles. The molecule has 1 N–H and O–H groups in total. The first kappa shape index (κ1) is 13.9. The van der Waals surface area contributed by atoms with E-state index in [0.717, 1.165) is 25.6 Å². The van der Waals surface area contributed by atoms with E-state index >= 15 is 0 Å². The zero-order chi connectivity index (χ0) is 12.0. The predicted octanol–water partition coefficient (Wildman–Crippen LogP) is 0.353. The van der Waals surface area contributed by atoms with Crippen molar-refractivity contribution in [1.82, 2.24) is 10.2 Å². The summed E-state index contributed by atoms with van der Waals surface area (Å²) in [5.74, 6) is 1.29. The fourth-order valence-electron chi connectivity index (χ4n) is 2.04. The van der Waals surface area contributed by atoms with Gasteiger partial charge in [-0.2, -0.15) is 0 Å². The van der Waals surface area contributed by atoms with Crippen molar-refractivity contribution in [1.29, 1.82) is 0 Å². The molecule has 0 radical (unpaired) electrons. The number of rotatable bonds is 6. The Morgan fingerprint density at radius 1 is 1.31 bits per heavy atom. The van der Waals surface area contributed by atoms with Crippen LogP contribution in [0.5, 0.6) is 0 Å². The number of hydrogen-bond donors (Lipinski definition) is 1. The molecule has 0 aromatic rings. The van der Waals surface area contributed by atoms with Crippen LogP contribution in [0, 0.1) is 5.92 Å². The Hall–Kier alpha value is -0.130. The molecule has 1 aliphatic rings. The lowest BCUT2D eigenvalue weighted by atomic mass is 9.98. The summed E-state index contributed by atoms with van der Waals surface area (Å²) in [5, 5.41) is 3.34. The number of nitrogens with one attached hydrogen (secondary N) is 1. The van der Waals surface area contributed by atoms with Gasteiger partial charge in [0.1, 0.15) is 0 Å². The minimum atomic E-state index is -2.81. The van der Waals surface area contributed by atoms with Crippen LogP contribution in [0.25, 0.3) is 0 Å². The Labute approximate surface area is 99.3 Å². The molecule has 0 aromatic carbocycles. The highest BCUT2D eigenvalue weighted by Crippen LogP contribution is 2.12. The van der Waals surface area contributed by atoms with Crippen molar-refractivity contribution in [3.63, 3.8) is 0 Å². The van der Waals surface area contributed by atoms with Crippen molar-refractivity contribution in [3.8, 4) is 0 Å². The zero-order valence-electron chi connectivity index (χ0n) is 10.4. The third-order valence-electron chi connectivity index (χ3n) is 3.25. The largest absolute Gasteiger partial charge is 0.317 e. The maximum Gasteiger partial charge on any atom is 0.151 e. The van der Waals surface area contributed by atoms with E-state index in [1.807, 2.05) is 7.05 Å². The average molecular weight is 248 g/mol. The van der Waals surface area contributed by atoms with E-state index in [1.165, 1.54) is 12.8 Å². The summed E-state index contributed by atoms with van der Waals surface area (Å²) in [6.07, 6.45) is 2.43. The summed E-state index contributed by atoms with van der Waals surface area (Å²) < 4.78 is 22.7. The number of sulfone groups is 1. The van der Waals surface area contributed by atoms with Crippen molar-refractivity contribution in [2.45, 2.75) is 19.8 Å². The van der Waals surface area contributed by atoms with Crippen LogP contribution >= 0.6 is 0 Å². The molecule has 0 bridgehead atoms. The minimum absolute atomic E-state index is 0.258. The lowest BCUT2D eigenvalue weighted by molar-refractivity contribution is 0.249. The molecule has 1 heterocycles. The Bertz CT molecular complexity index is 284. The van der Waals surface area contributed by atoms with Gasteiger partial charge >= 0.3 is 0 Å². The molecular formula is C11H24N2O2S. The molecule has 1 aliphatic heterocycles. The van der Waals surface area contributed by atoms with Crippen LogP contribution < -0.4 is 5.32 Å². The van der Waals surface area contributed by atoms with E-state index in [4.69, 9.17) is 0 Å². The SMILES string of the molecule is CCS(=O)(=O)CCN(C)CC1CCNCC1. The predicted molar refractivity (Wildman–Crippen MR) is 67.4 cm³/mol. The second-order valence-corrected chi connectivity index (χ2v) is 7.16. The summed E-state index contributed by atoms with van der Waals surface area (Å²) in [6, 6.07) is 0. The molecule has 1 saturated heterocycles. The van der Waals surface area contributed by atoms with Gasteiger partial charge in [0.15, 0.2) is 9.84 Å². The molecule has 0 aromatic heterocycles. The van der Waals surface area contributed by atoms with Gasteiger partial charge in [-0.1, -0.05) is 6.92 Å². The summed E-state index contributed by atoms with van der Waals surface area (Å²) in [5.41, 5.74) is 0. The fraction of sp³-hybridized carbons (Fsp3) is 1.00. The summed E-state index contributed by atoms with van der Waals surface area (Å²) in [6.45, 7) is 5.61. The fourth-order valence-corrected chi connectivity index (χ4v) is 2.91. The summed E-state index contributed by atoms with van der Waals surface area (Å²) in [4.78, 5) is 2.16. The van der Waals surface area contributed by atoms with Crippen LogP contribution in [0.2, 0.25) is 0 Å². The van der Waals surface area contributed by atoms with Crippen LogP contribution in [0.4, 0.5) is 0 Å². The quantitative estimate of drug-likeness (QED) is 0.737. The molecular weight excluding hydrogens is 224 g/mol. The Kier molecular flexibility index (Phi) is 5.72. The third kappa shape index (κ3) is 5.27. The highest BCUT2D eigenvalue weighted by molar-refractivity contribution is 7.91. The second-order valence-electron chi connectivity index (χ2n) is 4.69. The minimum Gasteiger partial charge on any atom is -0.317 e. The van der Waals surface area contributed by atoms with Gasteiger partial charge in [0.2, 0.25) is 0 Å². The van der Waals surface area contributed by atoms with Gasteiger partial charge in [0.25, 0.3) is 0 Å². The first-order valence-corrected chi connectivity index (χ1v) is 7.95. The summed E-state index contributed by atoms with van der Waals surface area (Å²) >= 11 is 0. The molecule has 0 amide bonds. The van der Waals surface area contributed by atoms with Crippen LogP contribution in [0.15, 0.2) is 0 Å². The van der Waals surface area contributed by atoms with E-state index in [2.05, 4.69) is 10.2 Å². The van der Waals surface area contributed by atoms with E-state index in [0.29, 0.717) is 12.3 Å². The van der Waals surface area contributed by atoms with Crippen molar-refractivity contribution in [2.24, 2.45) is 5.92 Å². The van der Waals surface area contributed by atoms with E-state index in [1.54, 1.807) is 6.92 Å². The van der Waals surface area contributed by atoms with E-state index in [-0.39, 0.29) is 5.75 Å². The first-order chi connectivity index (χ1) is 7.53. The molecule has 5 heteroatoms. The van der Waals surface area contributed by atoms with Gasteiger partial charge in [0, 0.05) is 18.8 Å². The van der Waals surface area contributed by atoms with Crippen molar-refractivity contribution in [3.05, 3.63) is 0 Å². The Morgan fingerprint density at radius 3 is 2.50 bits per heavy atom. The Balaban J connectivity index is 2.22. The van der Waals surface area contributed by atoms with Gasteiger partial charge in [-0.3, -0.25) is 0 Å². The Morgan fingerprint density at radius 2 is 1.94 bits per heavy atom. The third-order valence-corrected chi connectivity index (χ3v) is 4.94. The topological polar surface area (TPSA) is 49.4 Å². The van der Waals surface area contributed by atoms with Crippen LogP contribution in [-0.4, -0.2) is 58.1 Å². The molecule has 0 spiro atoms. The lowest BCUT2D eigenvalue weighted by Crippen LogP contribution is -2.36. The molecule has 1 rings (SSSR count).